The van der Waals surface area contributed by atoms with Crippen LogP contribution in [0.3, 0.4) is 0 Å². The number of hydrogen-bond donors (Lipinski definition) is 0. The average Bonchev–Trinajstić information content (AvgIpc) is 3.17. The van der Waals surface area contributed by atoms with E-state index >= 15 is 0 Å². The van der Waals surface area contributed by atoms with Crippen LogP contribution in [0.2, 0.25) is 5.02 Å². The molecule has 0 amide bonds. The van der Waals surface area contributed by atoms with Crippen molar-refractivity contribution in [3.05, 3.63) is 47.7 Å². The molecule has 0 saturated carbocycles. The van der Waals surface area contributed by atoms with Crippen LogP contribution in [0.1, 0.15) is 0 Å². The average molecular weight is 353 g/mol. The summed E-state index contributed by atoms with van der Waals surface area (Å²) >= 11 is 5.81. The first-order chi connectivity index (χ1) is 10.9. The van der Waals surface area contributed by atoms with E-state index in [-0.39, 0.29) is 21.7 Å². The third-order valence-electron chi connectivity index (χ3n) is 3.10. The molecule has 8 heteroatoms. The van der Waals surface area contributed by atoms with Crippen LogP contribution in [0, 0.1) is 0 Å². The first-order valence-corrected chi connectivity index (χ1v) is 8.48. The number of nitrogens with zero attached hydrogens (tertiary/aromatic N) is 2. The molecule has 3 rings (SSSR count). The van der Waals surface area contributed by atoms with Crippen LogP contribution in [-0.2, 0) is 9.84 Å². The Morgan fingerprint density at radius 1 is 1.13 bits per heavy atom. The molecule has 0 aliphatic heterocycles. The highest BCUT2D eigenvalue weighted by molar-refractivity contribution is 7.91. The Bertz CT molecular complexity index is 913. The van der Waals surface area contributed by atoms with E-state index in [1.54, 1.807) is 31.1 Å². The van der Waals surface area contributed by atoms with Crippen molar-refractivity contribution in [3.63, 3.8) is 0 Å². The summed E-state index contributed by atoms with van der Waals surface area (Å²) in [5, 5.41) is 0.282. The van der Waals surface area contributed by atoms with Crippen LogP contribution in [0.4, 0.5) is 5.88 Å². The summed E-state index contributed by atoms with van der Waals surface area (Å²) in [5.41, 5.74) is 0. The lowest BCUT2D eigenvalue weighted by Gasteiger charge is -2.10. The van der Waals surface area contributed by atoms with E-state index in [2.05, 4.69) is 4.98 Å². The molecule has 6 nitrogen and oxygen atoms in total. The largest absolute Gasteiger partial charge is 0.459 e. The van der Waals surface area contributed by atoms with Crippen LogP contribution < -0.4 is 4.90 Å². The number of furan rings is 1. The van der Waals surface area contributed by atoms with E-state index in [1.807, 2.05) is 0 Å². The summed E-state index contributed by atoms with van der Waals surface area (Å²) < 4.78 is 36.4. The van der Waals surface area contributed by atoms with Gasteiger partial charge in [0.2, 0.25) is 20.7 Å². The van der Waals surface area contributed by atoms with Crippen molar-refractivity contribution in [2.75, 3.05) is 19.0 Å². The topological polar surface area (TPSA) is 76.6 Å². The summed E-state index contributed by atoms with van der Waals surface area (Å²) in [6.45, 7) is 0. The maximum atomic E-state index is 12.8. The Balaban J connectivity index is 2.16. The van der Waals surface area contributed by atoms with Gasteiger partial charge < -0.3 is 13.7 Å². The van der Waals surface area contributed by atoms with Gasteiger partial charge in [-0.25, -0.2) is 8.42 Å². The monoisotopic (exact) mass is 352 g/mol. The minimum absolute atomic E-state index is 0.0873. The maximum Gasteiger partial charge on any atom is 0.266 e. The molecule has 1 aromatic carbocycles. The SMILES string of the molecule is CN(C)c1oc(-c2ccco2)nc1S(=O)(=O)c1ccc(Cl)cc1. The third-order valence-corrected chi connectivity index (χ3v) is 5.02. The number of sulfone groups is 1. The Hall–Kier alpha value is -2.25. The molecule has 0 bridgehead atoms. The van der Waals surface area contributed by atoms with Gasteiger partial charge in [-0.3, -0.25) is 0 Å². The minimum atomic E-state index is -3.85. The molecule has 0 unspecified atom stereocenters. The minimum Gasteiger partial charge on any atom is -0.459 e. The highest BCUT2D eigenvalue weighted by Crippen LogP contribution is 2.34. The predicted molar refractivity (Wildman–Crippen MR) is 85.4 cm³/mol. The number of halogens is 1. The van der Waals surface area contributed by atoms with E-state index in [0.717, 1.165) is 0 Å². The van der Waals surface area contributed by atoms with Crippen molar-refractivity contribution in [3.8, 4) is 11.7 Å². The molecule has 0 aliphatic rings. The Labute approximate surface area is 138 Å². The van der Waals surface area contributed by atoms with Gasteiger partial charge in [0.05, 0.1) is 11.2 Å². The van der Waals surface area contributed by atoms with Gasteiger partial charge in [-0.05, 0) is 36.4 Å². The lowest BCUT2D eigenvalue weighted by molar-refractivity contribution is 0.516. The summed E-state index contributed by atoms with van der Waals surface area (Å²) in [4.78, 5) is 5.75. The van der Waals surface area contributed by atoms with Crippen molar-refractivity contribution in [1.29, 1.82) is 0 Å². The van der Waals surface area contributed by atoms with Gasteiger partial charge in [-0.1, -0.05) is 11.6 Å². The number of hydrogen-bond acceptors (Lipinski definition) is 6. The van der Waals surface area contributed by atoms with Crippen LogP contribution >= 0.6 is 11.6 Å². The summed E-state index contributed by atoms with van der Waals surface area (Å²) in [6.07, 6.45) is 1.46. The molecule has 23 heavy (non-hydrogen) atoms. The molecule has 0 N–H and O–H groups in total. The van der Waals surface area contributed by atoms with Crippen molar-refractivity contribution in [2.45, 2.75) is 9.92 Å². The van der Waals surface area contributed by atoms with Crippen molar-refractivity contribution in [2.24, 2.45) is 0 Å². The number of rotatable bonds is 4. The molecule has 0 radical (unpaired) electrons. The van der Waals surface area contributed by atoms with Gasteiger partial charge in [-0.2, -0.15) is 4.98 Å². The van der Waals surface area contributed by atoms with Crippen LogP contribution in [0.15, 0.2) is 61.4 Å². The summed E-state index contributed by atoms with van der Waals surface area (Å²) in [7, 11) is -0.501. The van der Waals surface area contributed by atoms with E-state index in [4.69, 9.17) is 20.4 Å². The van der Waals surface area contributed by atoms with Gasteiger partial charge in [0, 0.05) is 19.1 Å². The number of benzene rings is 1. The standard InChI is InChI=1S/C15H13ClN2O4S/c1-18(2)15-14(17-13(22-15)12-4-3-9-21-12)23(19,20)11-7-5-10(16)6-8-11/h3-9H,1-2H3. The second-order valence-electron chi connectivity index (χ2n) is 4.96. The van der Waals surface area contributed by atoms with Gasteiger partial charge in [0.1, 0.15) is 0 Å². The van der Waals surface area contributed by atoms with E-state index in [1.165, 1.54) is 30.5 Å². The zero-order valence-electron chi connectivity index (χ0n) is 12.4. The lowest BCUT2D eigenvalue weighted by Crippen LogP contribution is -2.13. The molecule has 0 spiro atoms. The van der Waals surface area contributed by atoms with Gasteiger partial charge in [-0.15, -0.1) is 0 Å². The van der Waals surface area contributed by atoms with Crippen molar-refractivity contribution < 1.29 is 17.3 Å². The van der Waals surface area contributed by atoms with E-state index < -0.39 is 9.84 Å². The fraction of sp³-hybridized carbons (Fsp3) is 0.133. The molecule has 120 valence electrons. The third kappa shape index (κ3) is 2.85. The highest BCUT2D eigenvalue weighted by Gasteiger charge is 2.30. The van der Waals surface area contributed by atoms with Crippen LogP contribution in [0.5, 0.6) is 0 Å². The maximum absolute atomic E-state index is 12.8. The number of anilines is 1. The quantitative estimate of drug-likeness (QED) is 0.715. The van der Waals surface area contributed by atoms with Gasteiger partial charge in [0.25, 0.3) is 5.89 Å². The molecule has 0 fully saturated rings. The van der Waals surface area contributed by atoms with Gasteiger partial charge >= 0.3 is 0 Å². The van der Waals surface area contributed by atoms with Crippen LogP contribution in [0.25, 0.3) is 11.7 Å². The lowest BCUT2D eigenvalue weighted by atomic mass is 10.4. The predicted octanol–water partition coefficient (Wildman–Crippen LogP) is 3.49. The zero-order valence-corrected chi connectivity index (χ0v) is 13.9. The Morgan fingerprint density at radius 2 is 1.83 bits per heavy atom. The number of aromatic nitrogens is 1. The molecular formula is C15H13ClN2O4S. The molecule has 0 atom stereocenters. The van der Waals surface area contributed by atoms with Crippen LogP contribution in [-0.4, -0.2) is 27.5 Å². The second kappa shape index (κ2) is 5.75. The molecular weight excluding hydrogens is 340 g/mol. The zero-order chi connectivity index (χ0) is 16.6. The van der Waals surface area contributed by atoms with E-state index in [9.17, 15) is 8.42 Å². The number of oxazole rings is 1. The Kier molecular flexibility index (Phi) is 3.91. The molecule has 2 heterocycles. The second-order valence-corrected chi connectivity index (χ2v) is 7.26. The Morgan fingerprint density at radius 3 is 2.39 bits per heavy atom. The van der Waals surface area contributed by atoms with Gasteiger partial charge in [0.15, 0.2) is 5.76 Å². The molecule has 3 aromatic rings. The summed E-state index contributed by atoms with van der Waals surface area (Å²) in [6, 6.07) is 9.19. The first kappa shape index (κ1) is 15.6. The fourth-order valence-electron chi connectivity index (χ4n) is 1.99. The van der Waals surface area contributed by atoms with Crippen molar-refractivity contribution >= 4 is 27.3 Å². The smallest absolute Gasteiger partial charge is 0.266 e. The highest BCUT2D eigenvalue weighted by atomic mass is 35.5. The molecule has 2 aromatic heterocycles. The first-order valence-electron chi connectivity index (χ1n) is 6.62. The molecule has 0 saturated heterocycles. The van der Waals surface area contributed by atoms with Crippen molar-refractivity contribution in [1.82, 2.24) is 4.98 Å². The normalized spacial score (nSPS) is 11.6. The molecule has 0 aliphatic carbocycles. The van der Waals surface area contributed by atoms with E-state index in [0.29, 0.717) is 10.8 Å². The summed E-state index contributed by atoms with van der Waals surface area (Å²) in [5.74, 6) is 0.586. The fourth-order valence-corrected chi connectivity index (χ4v) is 3.49.